The molecule has 3 N–H and O–H groups in total. The van der Waals surface area contributed by atoms with Crippen molar-refractivity contribution in [1.29, 1.82) is 0 Å². The highest BCUT2D eigenvalue weighted by molar-refractivity contribution is 5.77. The molecule has 25 heavy (non-hydrogen) atoms. The first kappa shape index (κ1) is 17.4. The Balaban J connectivity index is 1.57. The van der Waals surface area contributed by atoms with Crippen LogP contribution in [-0.4, -0.2) is 37.2 Å². The average molecular weight is 340 g/mol. The summed E-state index contributed by atoms with van der Waals surface area (Å²) in [6.07, 6.45) is 2.04. The number of amides is 1. The maximum Gasteiger partial charge on any atom is 0.222 e. The van der Waals surface area contributed by atoms with Gasteiger partial charge in [-0.3, -0.25) is 4.79 Å². The number of nitrogens with two attached hydrogens (primary N) is 1. The lowest BCUT2D eigenvalue weighted by Gasteiger charge is -2.29. The third-order valence-corrected chi connectivity index (χ3v) is 4.29. The predicted octanol–water partition coefficient (Wildman–Crippen LogP) is 1.62. The summed E-state index contributed by atoms with van der Waals surface area (Å²) < 4.78 is 5.39. The van der Waals surface area contributed by atoms with Crippen LogP contribution in [-0.2, 0) is 16.1 Å². The second-order valence-corrected chi connectivity index (χ2v) is 6.08. The van der Waals surface area contributed by atoms with Crippen molar-refractivity contribution < 1.29 is 9.53 Å². The van der Waals surface area contributed by atoms with Crippen LogP contribution in [0.5, 0.6) is 0 Å². The number of nitrogens with one attached hydrogen (secondary N) is 1. The third-order valence-electron chi connectivity index (χ3n) is 4.29. The van der Waals surface area contributed by atoms with Gasteiger partial charge >= 0.3 is 0 Å². The number of ether oxygens (including phenoxy) is 1. The molecule has 1 fully saturated rings. The fraction of sp³-hybridized carbons (Fsp3) is 0.368. The zero-order chi connectivity index (χ0) is 17.5. The normalized spacial score (nSPS) is 15.6. The smallest absolute Gasteiger partial charge is 0.222 e. The summed E-state index contributed by atoms with van der Waals surface area (Å²) >= 11 is 0. The Hall–Kier alpha value is -2.44. The van der Waals surface area contributed by atoms with E-state index < -0.39 is 0 Å². The van der Waals surface area contributed by atoms with Crippen LogP contribution in [0.3, 0.4) is 0 Å². The second-order valence-electron chi connectivity index (χ2n) is 6.08. The Bertz CT molecular complexity index is 687. The lowest BCUT2D eigenvalue weighted by Crippen LogP contribution is -2.38. The molecule has 1 aromatic heterocycles. The van der Waals surface area contributed by atoms with Gasteiger partial charge in [0, 0.05) is 43.9 Å². The van der Waals surface area contributed by atoms with Gasteiger partial charge in [0.2, 0.25) is 5.91 Å². The zero-order valence-corrected chi connectivity index (χ0v) is 14.2. The number of benzene rings is 1. The molecule has 1 aromatic carbocycles. The van der Waals surface area contributed by atoms with Gasteiger partial charge in [0.05, 0.1) is 13.2 Å². The van der Waals surface area contributed by atoms with E-state index in [1.165, 1.54) is 0 Å². The van der Waals surface area contributed by atoms with Crippen molar-refractivity contribution >= 4 is 11.7 Å². The van der Waals surface area contributed by atoms with Crippen molar-refractivity contribution in [2.24, 2.45) is 5.73 Å². The van der Waals surface area contributed by atoms with E-state index >= 15 is 0 Å². The molecular weight excluding hydrogens is 316 g/mol. The Morgan fingerprint density at radius 2 is 1.96 bits per heavy atom. The number of aromatic nitrogens is 1. The van der Waals surface area contributed by atoms with Crippen molar-refractivity contribution in [3.63, 3.8) is 0 Å². The Morgan fingerprint density at radius 3 is 2.72 bits per heavy atom. The van der Waals surface area contributed by atoms with Gasteiger partial charge in [0.1, 0.15) is 5.82 Å². The molecule has 2 aromatic rings. The van der Waals surface area contributed by atoms with Gasteiger partial charge in [-0.15, -0.1) is 0 Å². The molecule has 132 valence electrons. The van der Waals surface area contributed by atoms with Gasteiger partial charge in [-0.2, -0.15) is 0 Å². The molecule has 1 unspecified atom stereocenters. The van der Waals surface area contributed by atoms with Gasteiger partial charge in [-0.1, -0.05) is 36.4 Å². The third kappa shape index (κ3) is 4.78. The number of carbonyl (C=O) groups is 1. The zero-order valence-electron chi connectivity index (χ0n) is 14.2. The Morgan fingerprint density at radius 1 is 1.20 bits per heavy atom. The number of pyridine rings is 1. The summed E-state index contributed by atoms with van der Waals surface area (Å²) in [5.74, 6) is 0.853. The number of rotatable bonds is 6. The Labute approximate surface area is 148 Å². The first-order valence-electron chi connectivity index (χ1n) is 8.58. The van der Waals surface area contributed by atoms with Crippen LogP contribution in [0.15, 0.2) is 48.7 Å². The van der Waals surface area contributed by atoms with Crippen LogP contribution in [0.2, 0.25) is 0 Å². The van der Waals surface area contributed by atoms with Crippen LogP contribution < -0.4 is 16.0 Å². The van der Waals surface area contributed by atoms with Crippen LogP contribution in [0, 0.1) is 0 Å². The summed E-state index contributed by atoms with van der Waals surface area (Å²) in [4.78, 5) is 18.9. The summed E-state index contributed by atoms with van der Waals surface area (Å²) in [6, 6.07) is 13.3. The van der Waals surface area contributed by atoms with E-state index in [9.17, 15) is 4.79 Å². The topological polar surface area (TPSA) is 80.5 Å². The Kier molecular flexibility index (Phi) is 5.98. The molecule has 1 saturated heterocycles. The number of hydrogen-bond acceptors (Lipinski definition) is 5. The molecule has 3 rings (SSSR count). The SMILES string of the molecule is NC(CC(=O)NCc1cccnc1N1CCOCC1)c1ccccc1. The minimum atomic E-state index is -0.297. The molecule has 0 aliphatic carbocycles. The standard InChI is InChI=1S/C19H24N4O2/c20-17(15-5-2-1-3-6-15)13-18(24)22-14-16-7-4-8-21-19(16)23-9-11-25-12-10-23/h1-8,17H,9-14,20H2,(H,22,24). The summed E-state index contributed by atoms with van der Waals surface area (Å²) in [5.41, 5.74) is 8.09. The number of hydrogen-bond donors (Lipinski definition) is 2. The van der Waals surface area contributed by atoms with Crippen molar-refractivity contribution in [2.45, 2.75) is 19.0 Å². The van der Waals surface area contributed by atoms with Crippen molar-refractivity contribution in [1.82, 2.24) is 10.3 Å². The monoisotopic (exact) mass is 340 g/mol. The van der Waals surface area contributed by atoms with Gasteiger partial charge in [-0.25, -0.2) is 4.98 Å². The maximum absolute atomic E-state index is 12.2. The minimum absolute atomic E-state index is 0.0619. The highest BCUT2D eigenvalue weighted by Crippen LogP contribution is 2.18. The van der Waals surface area contributed by atoms with E-state index in [2.05, 4.69) is 15.2 Å². The van der Waals surface area contributed by atoms with Crippen molar-refractivity contribution in [2.75, 3.05) is 31.2 Å². The predicted molar refractivity (Wildman–Crippen MR) is 97.1 cm³/mol. The average Bonchev–Trinajstić information content (AvgIpc) is 2.68. The van der Waals surface area contributed by atoms with E-state index in [1.807, 2.05) is 42.5 Å². The van der Waals surface area contributed by atoms with Gasteiger partial charge in [-0.05, 0) is 11.6 Å². The highest BCUT2D eigenvalue weighted by atomic mass is 16.5. The molecule has 2 heterocycles. The second kappa shape index (κ2) is 8.60. The fourth-order valence-electron chi connectivity index (χ4n) is 2.91. The molecule has 1 amide bonds. The lowest BCUT2D eigenvalue weighted by molar-refractivity contribution is -0.121. The number of carbonyl (C=O) groups excluding carboxylic acids is 1. The molecule has 1 aliphatic rings. The van der Waals surface area contributed by atoms with E-state index in [-0.39, 0.29) is 18.4 Å². The number of nitrogens with zero attached hydrogens (tertiary/aromatic N) is 2. The molecule has 0 radical (unpaired) electrons. The summed E-state index contributed by atoms with van der Waals surface area (Å²) in [7, 11) is 0. The molecule has 0 bridgehead atoms. The molecule has 6 nitrogen and oxygen atoms in total. The first-order valence-corrected chi connectivity index (χ1v) is 8.58. The summed E-state index contributed by atoms with van der Waals surface area (Å²) in [6.45, 7) is 3.48. The lowest BCUT2D eigenvalue weighted by atomic mass is 10.0. The van der Waals surface area contributed by atoms with Crippen LogP contribution >= 0.6 is 0 Å². The largest absolute Gasteiger partial charge is 0.378 e. The van der Waals surface area contributed by atoms with Crippen molar-refractivity contribution in [3.8, 4) is 0 Å². The number of morpholine rings is 1. The molecule has 1 aliphatic heterocycles. The van der Waals surface area contributed by atoms with E-state index in [1.54, 1.807) is 6.20 Å². The fourth-order valence-corrected chi connectivity index (χ4v) is 2.91. The van der Waals surface area contributed by atoms with E-state index in [4.69, 9.17) is 10.5 Å². The highest BCUT2D eigenvalue weighted by Gasteiger charge is 2.17. The van der Waals surface area contributed by atoms with Gasteiger partial charge in [0.25, 0.3) is 0 Å². The minimum Gasteiger partial charge on any atom is -0.378 e. The van der Waals surface area contributed by atoms with Gasteiger partial charge < -0.3 is 20.7 Å². The molecule has 0 saturated carbocycles. The van der Waals surface area contributed by atoms with Crippen LogP contribution in [0.25, 0.3) is 0 Å². The maximum atomic E-state index is 12.2. The van der Waals surface area contributed by atoms with Crippen molar-refractivity contribution in [3.05, 3.63) is 59.8 Å². The quantitative estimate of drug-likeness (QED) is 0.835. The summed E-state index contributed by atoms with van der Waals surface area (Å²) in [5, 5.41) is 2.96. The number of anilines is 1. The van der Waals surface area contributed by atoms with Crippen LogP contribution in [0.1, 0.15) is 23.6 Å². The molecule has 6 heteroatoms. The first-order chi connectivity index (χ1) is 12.2. The molecular formula is C19H24N4O2. The van der Waals surface area contributed by atoms with Gasteiger partial charge in [0.15, 0.2) is 0 Å². The molecule has 1 atom stereocenters. The van der Waals surface area contributed by atoms with E-state index in [0.717, 1.165) is 30.0 Å². The van der Waals surface area contributed by atoms with E-state index in [0.29, 0.717) is 19.8 Å². The molecule has 0 spiro atoms. The van der Waals surface area contributed by atoms with Crippen LogP contribution in [0.4, 0.5) is 5.82 Å².